The van der Waals surface area contributed by atoms with Crippen molar-refractivity contribution in [1.29, 1.82) is 0 Å². The van der Waals surface area contributed by atoms with Gasteiger partial charge in [-0.15, -0.1) is 0 Å². The van der Waals surface area contributed by atoms with Crippen molar-refractivity contribution in [2.45, 2.75) is 19.9 Å². The quantitative estimate of drug-likeness (QED) is 0.780. The third-order valence-corrected chi connectivity index (χ3v) is 3.73. The topological polar surface area (TPSA) is 77.2 Å². The highest BCUT2D eigenvalue weighted by Crippen LogP contribution is 2.26. The van der Waals surface area contributed by atoms with Gasteiger partial charge in [-0.25, -0.2) is 4.98 Å². The molecule has 0 bridgehead atoms. The number of methoxy groups -OCH3 is 1. The van der Waals surface area contributed by atoms with Gasteiger partial charge in [0.25, 0.3) is 11.6 Å². The fraction of sp³-hybridized carbons (Fsp3) is 0.278. The molecule has 1 N–H and O–H groups in total. The minimum Gasteiger partial charge on any atom is -0.383 e. The molecule has 0 aliphatic carbocycles. The average Bonchev–Trinajstić information content (AvgIpc) is 2.96. The van der Waals surface area contributed by atoms with Crippen molar-refractivity contribution in [2.75, 3.05) is 13.7 Å². The third kappa shape index (κ3) is 3.14. The van der Waals surface area contributed by atoms with Crippen LogP contribution >= 0.6 is 0 Å². The van der Waals surface area contributed by atoms with Gasteiger partial charge in [-0.05, 0) is 19.9 Å². The van der Waals surface area contributed by atoms with Gasteiger partial charge >= 0.3 is 0 Å². The highest BCUT2D eigenvalue weighted by molar-refractivity contribution is 6.07. The number of aromatic nitrogens is 2. The second kappa shape index (κ2) is 6.80. The van der Waals surface area contributed by atoms with Gasteiger partial charge in [-0.3, -0.25) is 4.79 Å². The first-order chi connectivity index (χ1) is 11.6. The van der Waals surface area contributed by atoms with E-state index in [4.69, 9.17) is 9.26 Å². The molecule has 0 saturated heterocycles. The van der Waals surface area contributed by atoms with Crippen LogP contribution in [0.25, 0.3) is 22.4 Å². The summed E-state index contributed by atoms with van der Waals surface area (Å²) in [5, 5.41) is 7.51. The summed E-state index contributed by atoms with van der Waals surface area (Å²) in [6, 6.07) is 11.3. The smallest absolute Gasteiger partial charge is 0.259 e. The molecule has 1 atom stereocenters. The Morgan fingerprint density at radius 2 is 2.08 bits per heavy atom. The number of carbonyl (C=O) groups excluding carboxylic acids is 1. The van der Waals surface area contributed by atoms with Crippen molar-refractivity contribution in [1.82, 2.24) is 15.5 Å². The molecule has 0 fully saturated rings. The molecule has 3 rings (SSSR count). The van der Waals surface area contributed by atoms with Crippen molar-refractivity contribution in [3.8, 4) is 11.3 Å². The maximum absolute atomic E-state index is 12.7. The molecule has 6 heteroatoms. The maximum Gasteiger partial charge on any atom is 0.259 e. The third-order valence-electron chi connectivity index (χ3n) is 3.73. The van der Waals surface area contributed by atoms with E-state index in [1.165, 1.54) is 0 Å². The van der Waals surface area contributed by atoms with Crippen LogP contribution in [0.15, 0.2) is 40.9 Å². The highest BCUT2D eigenvalue weighted by atomic mass is 16.5. The number of carbonyl (C=O) groups is 1. The Kier molecular flexibility index (Phi) is 4.57. The standard InChI is InChI=1S/C18H19N3O3/c1-11(10-23-3)19-17(22)14-9-15(13-7-5-4-6-8-13)20-18-16(14)12(2)21-24-18/h4-9,11H,10H2,1-3H3,(H,19,22)/t11-/m0/s1. The SMILES string of the molecule is COC[C@H](C)NC(=O)c1cc(-c2ccccc2)nc2onc(C)c12. The average molecular weight is 325 g/mol. The summed E-state index contributed by atoms with van der Waals surface area (Å²) in [6.07, 6.45) is 0. The van der Waals surface area contributed by atoms with Gasteiger partial charge in [0.15, 0.2) is 0 Å². The number of pyridine rings is 1. The number of fused-ring (bicyclic) bond motifs is 1. The molecule has 0 spiro atoms. The van der Waals surface area contributed by atoms with Gasteiger partial charge in [0.1, 0.15) is 0 Å². The second-order valence-electron chi connectivity index (χ2n) is 5.70. The lowest BCUT2D eigenvalue weighted by Gasteiger charge is -2.13. The van der Waals surface area contributed by atoms with E-state index in [-0.39, 0.29) is 11.9 Å². The molecule has 0 aliphatic heterocycles. The Balaban J connectivity index is 2.07. The van der Waals surface area contributed by atoms with Crippen molar-refractivity contribution in [3.63, 3.8) is 0 Å². The number of aryl methyl sites for hydroxylation is 1. The van der Waals surface area contributed by atoms with Crippen LogP contribution in [0, 0.1) is 6.92 Å². The number of hydrogen-bond acceptors (Lipinski definition) is 5. The Hall–Kier alpha value is -2.73. The normalized spacial score (nSPS) is 12.3. The van der Waals surface area contributed by atoms with E-state index in [1.54, 1.807) is 20.1 Å². The van der Waals surface area contributed by atoms with E-state index in [0.29, 0.717) is 34.7 Å². The highest BCUT2D eigenvalue weighted by Gasteiger charge is 2.20. The molecular formula is C18H19N3O3. The first kappa shape index (κ1) is 16.1. The van der Waals surface area contributed by atoms with Gasteiger partial charge < -0.3 is 14.6 Å². The molecule has 0 saturated carbocycles. The number of nitrogens with one attached hydrogen (secondary N) is 1. The lowest BCUT2D eigenvalue weighted by Crippen LogP contribution is -2.35. The number of ether oxygens (including phenoxy) is 1. The Labute approximate surface area is 139 Å². The van der Waals surface area contributed by atoms with Crippen LogP contribution in [-0.4, -0.2) is 35.8 Å². The van der Waals surface area contributed by atoms with Crippen LogP contribution in [0.5, 0.6) is 0 Å². The lowest BCUT2D eigenvalue weighted by atomic mass is 10.0. The van der Waals surface area contributed by atoms with Crippen molar-refractivity contribution in [2.24, 2.45) is 0 Å². The van der Waals surface area contributed by atoms with E-state index in [9.17, 15) is 4.79 Å². The van der Waals surface area contributed by atoms with Gasteiger partial charge in [0.2, 0.25) is 0 Å². The molecule has 2 aromatic heterocycles. The van der Waals surface area contributed by atoms with Gasteiger partial charge in [0.05, 0.1) is 28.9 Å². The van der Waals surface area contributed by atoms with E-state index >= 15 is 0 Å². The van der Waals surface area contributed by atoms with Gasteiger partial charge in [-0.2, -0.15) is 0 Å². The van der Waals surface area contributed by atoms with Gasteiger partial charge in [0, 0.05) is 18.7 Å². The predicted molar refractivity (Wildman–Crippen MR) is 90.8 cm³/mol. The molecule has 124 valence electrons. The molecule has 3 aromatic rings. The first-order valence-corrected chi connectivity index (χ1v) is 7.72. The second-order valence-corrected chi connectivity index (χ2v) is 5.70. The summed E-state index contributed by atoms with van der Waals surface area (Å²) in [6.45, 7) is 4.12. The van der Waals surface area contributed by atoms with Crippen LogP contribution < -0.4 is 5.32 Å². The minimum absolute atomic E-state index is 0.106. The number of rotatable bonds is 5. The van der Waals surface area contributed by atoms with Crippen LogP contribution in [-0.2, 0) is 4.74 Å². The van der Waals surface area contributed by atoms with Crippen LogP contribution in [0.1, 0.15) is 23.0 Å². The maximum atomic E-state index is 12.7. The van der Waals surface area contributed by atoms with Crippen molar-refractivity contribution in [3.05, 3.63) is 47.7 Å². The molecular weight excluding hydrogens is 306 g/mol. The summed E-state index contributed by atoms with van der Waals surface area (Å²) in [7, 11) is 1.60. The molecule has 0 aliphatic rings. The molecule has 24 heavy (non-hydrogen) atoms. The summed E-state index contributed by atoms with van der Waals surface area (Å²) < 4.78 is 10.4. The van der Waals surface area contributed by atoms with E-state index in [1.807, 2.05) is 37.3 Å². The molecule has 0 radical (unpaired) electrons. The molecule has 1 amide bonds. The fourth-order valence-corrected chi connectivity index (χ4v) is 2.62. The number of hydrogen-bond donors (Lipinski definition) is 1. The monoisotopic (exact) mass is 325 g/mol. The summed E-state index contributed by atoms with van der Waals surface area (Å²) in [5.74, 6) is -0.199. The molecule has 0 unspecified atom stereocenters. The first-order valence-electron chi connectivity index (χ1n) is 7.72. The zero-order valence-electron chi connectivity index (χ0n) is 13.9. The zero-order chi connectivity index (χ0) is 17.1. The summed E-state index contributed by atoms with van der Waals surface area (Å²) >= 11 is 0. The largest absolute Gasteiger partial charge is 0.383 e. The number of nitrogens with zero attached hydrogens (tertiary/aromatic N) is 2. The Morgan fingerprint density at radius 3 is 2.79 bits per heavy atom. The van der Waals surface area contributed by atoms with E-state index < -0.39 is 0 Å². The van der Waals surface area contributed by atoms with Gasteiger partial charge in [-0.1, -0.05) is 35.5 Å². The Bertz CT molecular complexity index is 859. The molecule has 1 aromatic carbocycles. The zero-order valence-corrected chi connectivity index (χ0v) is 13.9. The van der Waals surface area contributed by atoms with Crippen molar-refractivity contribution < 1.29 is 14.1 Å². The fourth-order valence-electron chi connectivity index (χ4n) is 2.62. The van der Waals surface area contributed by atoms with E-state index in [2.05, 4.69) is 15.5 Å². The predicted octanol–water partition coefficient (Wildman–Crippen LogP) is 2.96. The van der Waals surface area contributed by atoms with Crippen LogP contribution in [0.2, 0.25) is 0 Å². The van der Waals surface area contributed by atoms with Crippen LogP contribution in [0.4, 0.5) is 0 Å². The lowest BCUT2D eigenvalue weighted by molar-refractivity contribution is 0.0907. The minimum atomic E-state index is -0.199. The summed E-state index contributed by atoms with van der Waals surface area (Å²) in [5.41, 5.74) is 3.08. The Morgan fingerprint density at radius 1 is 1.33 bits per heavy atom. The summed E-state index contributed by atoms with van der Waals surface area (Å²) in [4.78, 5) is 17.2. The molecule has 2 heterocycles. The molecule has 6 nitrogen and oxygen atoms in total. The van der Waals surface area contributed by atoms with E-state index in [0.717, 1.165) is 5.56 Å². The number of amides is 1. The van der Waals surface area contributed by atoms with Crippen molar-refractivity contribution >= 4 is 17.0 Å². The number of benzene rings is 1. The van der Waals surface area contributed by atoms with Crippen LogP contribution in [0.3, 0.4) is 0 Å².